The zero-order valence-corrected chi connectivity index (χ0v) is 13.3. The maximum Gasteiger partial charge on any atom is 0.362 e. The lowest BCUT2D eigenvalue weighted by Gasteiger charge is -2.23. The molecule has 2 atom stereocenters. The lowest BCUT2D eigenvalue weighted by Crippen LogP contribution is -2.24. The van der Waals surface area contributed by atoms with E-state index in [0.717, 1.165) is 25.7 Å². The van der Waals surface area contributed by atoms with Crippen LogP contribution in [-0.2, 0) is 14.4 Å². The lowest BCUT2D eigenvalue weighted by atomic mass is 9.97. The number of hydrogen-bond acceptors (Lipinski definition) is 7. The van der Waals surface area contributed by atoms with Gasteiger partial charge in [-0.2, -0.15) is 0 Å². The molecule has 1 heterocycles. The molecular formula is C13H18ClN3O3S. The Morgan fingerprint density at radius 1 is 1.62 bits per heavy atom. The van der Waals surface area contributed by atoms with Crippen LogP contribution in [0.2, 0.25) is 0 Å². The molecular weight excluding hydrogens is 314 g/mol. The Morgan fingerprint density at radius 2 is 2.43 bits per heavy atom. The SMILES string of the molecule is CCOC(=O)/C(=N\OC1CCCC(Cl)C1)c1csc(N)n1. The first-order valence-corrected chi connectivity index (χ1v) is 8.18. The summed E-state index contributed by atoms with van der Waals surface area (Å²) in [5.41, 5.74) is 6.00. The van der Waals surface area contributed by atoms with Crippen molar-refractivity contribution in [2.24, 2.45) is 5.16 Å². The number of aromatic nitrogens is 1. The van der Waals surface area contributed by atoms with Crippen LogP contribution in [0.4, 0.5) is 5.13 Å². The molecule has 0 saturated heterocycles. The number of nitrogen functional groups attached to an aromatic ring is 1. The summed E-state index contributed by atoms with van der Waals surface area (Å²) in [6.07, 6.45) is 3.50. The van der Waals surface area contributed by atoms with Gasteiger partial charge in [0.2, 0.25) is 5.71 Å². The second-order valence-electron chi connectivity index (χ2n) is 4.72. The van der Waals surface area contributed by atoms with Crippen molar-refractivity contribution in [2.75, 3.05) is 12.3 Å². The van der Waals surface area contributed by atoms with Crippen molar-refractivity contribution in [3.05, 3.63) is 11.1 Å². The van der Waals surface area contributed by atoms with Crippen LogP contribution < -0.4 is 5.73 Å². The van der Waals surface area contributed by atoms with Crippen LogP contribution in [0.5, 0.6) is 0 Å². The van der Waals surface area contributed by atoms with E-state index >= 15 is 0 Å². The van der Waals surface area contributed by atoms with E-state index in [2.05, 4.69) is 10.1 Å². The molecule has 1 aliphatic carbocycles. The lowest BCUT2D eigenvalue weighted by molar-refractivity contribution is -0.135. The molecule has 0 aliphatic heterocycles. The number of nitrogens with two attached hydrogens (primary N) is 1. The van der Waals surface area contributed by atoms with Crippen LogP contribution in [0, 0.1) is 0 Å². The Kier molecular flexibility index (Phi) is 5.81. The van der Waals surface area contributed by atoms with Gasteiger partial charge in [0, 0.05) is 17.2 Å². The zero-order chi connectivity index (χ0) is 15.2. The summed E-state index contributed by atoms with van der Waals surface area (Å²) in [5.74, 6) is -0.568. The fraction of sp³-hybridized carbons (Fsp3) is 0.615. The third-order valence-corrected chi connectivity index (χ3v) is 4.16. The molecule has 1 aliphatic rings. The zero-order valence-electron chi connectivity index (χ0n) is 11.8. The molecule has 1 aromatic heterocycles. The van der Waals surface area contributed by atoms with Crippen molar-refractivity contribution in [3.63, 3.8) is 0 Å². The van der Waals surface area contributed by atoms with Crippen molar-refractivity contribution < 1.29 is 14.4 Å². The number of carbonyl (C=O) groups is 1. The highest BCUT2D eigenvalue weighted by atomic mass is 35.5. The first kappa shape index (κ1) is 16.0. The maximum absolute atomic E-state index is 12.0. The third-order valence-electron chi connectivity index (χ3n) is 3.09. The summed E-state index contributed by atoms with van der Waals surface area (Å²) in [7, 11) is 0. The maximum atomic E-state index is 12.0. The first-order valence-electron chi connectivity index (χ1n) is 6.86. The van der Waals surface area contributed by atoms with Gasteiger partial charge in [-0.15, -0.1) is 22.9 Å². The molecule has 0 bridgehead atoms. The van der Waals surface area contributed by atoms with Gasteiger partial charge in [0.25, 0.3) is 0 Å². The predicted octanol–water partition coefficient (Wildman–Crippen LogP) is 2.56. The van der Waals surface area contributed by atoms with Gasteiger partial charge in [-0.05, 0) is 26.2 Å². The Bertz CT molecular complexity index is 521. The molecule has 2 unspecified atom stereocenters. The van der Waals surface area contributed by atoms with Crippen LogP contribution in [0.1, 0.15) is 38.3 Å². The van der Waals surface area contributed by atoms with Crippen molar-refractivity contribution in [3.8, 4) is 0 Å². The van der Waals surface area contributed by atoms with Crippen LogP contribution >= 0.6 is 22.9 Å². The quantitative estimate of drug-likeness (QED) is 0.388. The van der Waals surface area contributed by atoms with Crippen LogP contribution in [-0.4, -0.2) is 34.8 Å². The Hall–Kier alpha value is -1.34. The van der Waals surface area contributed by atoms with E-state index in [1.165, 1.54) is 11.3 Å². The summed E-state index contributed by atoms with van der Waals surface area (Å²) in [6.45, 7) is 1.98. The number of ether oxygens (including phenoxy) is 1. The van der Waals surface area contributed by atoms with Crippen molar-refractivity contribution in [1.82, 2.24) is 4.98 Å². The number of halogens is 1. The van der Waals surface area contributed by atoms with Crippen LogP contribution in [0.15, 0.2) is 10.5 Å². The molecule has 0 spiro atoms. The predicted molar refractivity (Wildman–Crippen MR) is 82.7 cm³/mol. The number of hydrogen-bond donors (Lipinski definition) is 1. The molecule has 1 aromatic rings. The minimum absolute atomic E-state index is 0.0431. The minimum Gasteiger partial charge on any atom is -0.461 e. The average molecular weight is 332 g/mol. The van der Waals surface area contributed by atoms with Crippen molar-refractivity contribution >= 4 is 39.8 Å². The number of nitrogens with zero attached hydrogens (tertiary/aromatic N) is 2. The molecule has 116 valence electrons. The van der Waals surface area contributed by atoms with Gasteiger partial charge in [-0.3, -0.25) is 0 Å². The number of rotatable bonds is 5. The smallest absolute Gasteiger partial charge is 0.362 e. The second kappa shape index (κ2) is 7.61. The molecule has 0 radical (unpaired) electrons. The molecule has 8 heteroatoms. The normalized spacial score (nSPS) is 22.9. The van der Waals surface area contributed by atoms with Gasteiger partial charge in [0.15, 0.2) is 5.13 Å². The van der Waals surface area contributed by atoms with Gasteiger partial charge in [-0.1, -0.05) is 5.16 Å². The van der Waals surface area contributed by atoms with E-state index in [-0.39, 0.29) is 23.8 Å². The first-order chi connectivity index (χ1) is 10.1. The Labute approximate surface area is 132 Å². The van der Waals surface area contributed by atoms with E-state index in [4.69, 9.17) is 26.9 Å². The van der Waals surface area contributed by atoms with E-state index in [9.17, 15) is 4.79 Å². The second-order valence-corrected chi connectivity index (χ2v) is 6.23. The van der Waals surface area contributed by atoms with Crippen molar-refractivity contribution in [1.29, 1.82) is 0 Å². The monoisotopic (exact) mass is 331 g/mol. The van der Waals surface area contributed by atoms with Gasteiger partial charge in [0.05, 0.1) is 6.61 Å². The number of thiazole rings is 1. The topological polar surface area (TPSA) is 86.8 Å². The summed E-state index contributed by atoms with van der Waals surface area (Å²) < 4.78 is 4.98. The van der Waals surface area contributed by atoms with E-state index in [0.29, 0.717) is 10.8 Å². The number of oxime groups is 1. The van der Waals surface area contributed by atoms with Crippen LogP contribution in [0.3, 0.4) is 0 Å². The Morgan fingerprint density at radius 3 is 3.05 bits per heavy atom. The molecule has 21 heavy (non-hydrogen) atoms. The van der Waals surface area contributed by atoms with Gasteiger partial charge in [0.1, 0.15) is 11.8 Å². The summed E-state index contributed by atoms with van der Waals surface area (Å²) in [6, 6.07) is 0. The van der Waals surface area contributed by atoms with Gasteiger partial charge < -0.3 is 15.3 Å². The number of alkyl halides is 1. The molecule has 1 saturated carbocycles. The van der Waals surface area contributed by atoms with E-state index in [1.54, 1.807) is 12.3 Å². The summed E-state index contributed by atoms with van der Waals surface area (Å²) in [4.78, 5) is 21.5. The molecule has 6 nitrogen and oxygen atoms in total. The Balaban J connectivity index is 2.10. The molecule has 1 fully saturated rings. The molecule has 2 N–H and O–H groups in total. The van der Waals surface area contributed by atoms with Crippen molar-refractivity contribution in [2.45, 2.75) is 44.1 Å². The largest absolute Gasteiger partial charge is 0.461 e. The standard InChI is InChI=1S/C13H18ClN3O3S/c1-2-19-12(18)11(10-7-21-13(15)16-10)17-20-9-5-3-4-8(14)6-9/h7-9H,2-6H2,1H3,(H2,15,16)/b17-11-. The highest BCUT2D eigenvalue weighted by Crippen LogP contribution is 2.25. The minimum atomic E-state index is -0.568. The average Bonchev–Trinajstić information content (AvgIpc) is 2.86. The molecule has 0 amide bonds. The molecule has 0 aromatic carbocycles. The summed E-state index contributed by atoms with van der Waals surface area (Å²) in [5, 5.41) is 6.07. The van der Waals surface area contributed by atoms with E-state index < -0.39 is 5.97 Å². The fourth-order valence-corrected chi connectivity index (χ4v) is 3.00. The number of anilines is 1. The van der Waals surface area contributed by atoms with E-state index in [1.807, 2.05) is 0 Å². The highest BCUT2D eigenvalue weighted by molar-refractivity contribution is 7.13. The fourth-order valence-electron chi connectivity index (χ4n) is 2.10. The summed E-state index contributed by atoms with van der Waals surface area (Å²) >= 11 is 7.34. The highest BCUT2D eigenvalue weighted by Gasteiger charge is 2.24. The number of carbonyl (C=O) groups excluding carboxylic acids is 1. The molecule has 2 rings (SSSR count). The van der Waals surface area contributed by atoms with Crippen LogP contribution in [0.25, 0.3) is 0 Å². The van der Waals surface area contributed by atoms with Gasteiger partial charge in [-0.25, -0.2) is 9.78 Å². The van der Waals surface area contributed by atoms with Gasteiger partial charge >= 0.3 is 5.97 Å². The number of esters is 1. The third kappa shape index (κ3) is 4.57.